The molecule has 1 aliphatic rings. The number of benzene rings is 2. The fourth-order valence-corrected chi connectivity index (χ4v) is 3.71. The first-order valence-electron chi connectivity index (χ1n) is 7.77. The summed E-state index contributed by atoms with van der Waals surface area (Å²) in [6, 6.07) is 7.54. The standard InChI is InChI=1S/C16H15FN4O6S/c1-27-11-4-2-3-9(5-11)18-16(24)19-10-6-12(17)15(13(22)7-10)21-8-14(23)20-28(21,25)26/h2-7,22H,8H2,1H3,(H,20,23)(H2,18,19,24). The molecule has 0 aromatic heterocycles. The Hall–Kier alpha value is -3.54. The smallest absolute Gasteiger partial charge is 0.326 e. The second kappa shape index (κ2) is 7.23. The van der Waals surface area contributed by atoms with Gasteiger partial charge in [-0.1, -0.05) is 6.07 Å². The molecule has 28 heavy (non-hydrogen) atoms. The number of carbonyl (C=O) groups excluding carboxylic acids is 2. The number of hydrogen-bond donors (Lipinski definition) is 4. The minimum Gasteiger partial charge on any atom is -0.506 e. The van der Waals surface area contributed by atoms with Crippen molar-refractivity contribution < 1.29 is 32.2 Å². The van der Waals surface area contributed by atoms with Gasteiger partial charge >= 0.3 is 16.2 Å². The minimum atomic E-state index is -4.30. The molecule has 0 saturated carbocycles. The van der Waals surface area contributed by atoms with Gasteiger partial charge in [-0.25, -0.2) is 18.2 Å². The molecule has 1 heterocycles. The normalized spacial score (nSPS) is 15.1. The van der Waals surface area contributed by atoms with E-state index in [0.717, 1.165) is 12.1 Å². The van der Waals surface area contributed by atoms with E-state index in [0.29, 0.717) is 15.7 Å². The SMILES string of the molecule is COc1cccc(NC(=O)Nc2cc(O)c(N3CC(=O)NS3(=O)=O)c(F)c2)c1. The van der Waals surface area contributed by atoms with Crippen LogP contribution in [0.2, 0.25) is 0 Å². The fraction of sp³-hybridized carbons (Fsp3) is 0.125. The summed E-state index contributed by atoms with van der Waals surface area (Å²) in [4.78, 5) is 23.3. The minimum absolute atomic E-state index is 0.130. The number of nitrogens with one attached hydrogen (secondary N) is 3. The largest absolute Gasteiger partial charge is 0.506 e. The van der Waals surface area contributed by atoms with Crippen LogP contribution in [0.15, 0.2) is 36.4 Å². The first kappa shape index (κ1) is 19.2. The summed E-state index contributed by atoms with van der Waals surface area (Å²) in [7, 11) is -2.83. The maximum atomic E-state index is 14.4. The number of halogens is 1. The number of phenols is 1. The molecular formula is C16H15FN4O6S. The predicted molar refractivity (Wildman–Crippen MR) is 98.1 cm³/mol. The summed E-state index contributed by atoms with van der Waals surface area (Å²) in [5, 5.41) is 14.9. The van der Waals surface area contributed by atoms with Crippen LogP contribution in [0.5, 0.6) is 11.5 Å². The number of amides is 3. The summed E-state index contributed by atoms with van der Waals surface area (Å²) in [5.74, 6) is -2.26. The lowest BCUT2D eigenvalue weighted by Crippen LogP contribution is -2.30. The van der Waals surface area contributed by atoms with E-state index < -0.39 is 45.9 Å². The number of anilines is 3. The third kappa shape index (κ3) is 3.91. The molecule has 12 heteroatoms. The van der Waals surface area contributed by atoms with Gasteiger partial charge in [-0.2, -0.15) is 8.42 Å². The van der Waals surface area contributed by atoms with E-state index in [1.807, 2.05) is 0 Å². The van der Waals surface area contributed by atoms with Crippen LogP contribution in [0, 0.1) is 5.82 Å². The summed E-state index contributed by atoms with van der Waals surface area (Å²) in [5.41, 5.74) is -0.418. The van der Waals surface area contributed by atoms with E-state index in [2.05, 4.69) is 10.6 Å². The number of hydrogen-bond acceptors (Lipinski definition) is 6. The highest BCUT2D eigenvalue weighted by molar-refractivity contribution is 7.92. The third-order valence-electron chi connectivity index (χ3n) is 3.70. The number of ether oxygens (including phenoxy) is 1. The summed E-state index contributed by atoms with van der Waals surface area (Å²) in [6.45, 7) is -0.671. The van der Waals surface area contributed by atoms with Gasteiger partial charge in [-0.15, -0.1) is 0 Å². The Morgan fingerprint density at radius 2 is 1.96 bits per heavy atom. The van der Waals surface area contributed by atoms with Crippen molar-refractivity contribution in [2.45, 2.75) is 0 Å². The Morgan fingerprint density at radius 3 is 2.57 bits per heavy atom. The van der Waals surface area contributed by atoms with Crippen LogP contribution in [0.1, 0.15) is 0 Å². The molecule has 2 aromatic carbocycles. The molecule has 10 nitrogen and oxygen atoms in total. The highest BCUT2D eigenvalue weighted by Crippen LogP contribution is 2.36. The monoisotopic (exact) mass is 410 g/mol. The second-order valence-electron chi connectivity index (χ2n) is 5.67. The molecule has 0 bridgehead atoms. The van der Waals surface area contributed by atoms with Crippen molar-refractivity contribution in [2.75, 3.05) is 28.6 Å². The molecular weight excluding hydrogens is 395 g/mol. The van der Waals surface area contributed by atoms with Crippen LogP contribution in [0.25, 0.3) is 0 Å². The molecule has 0 radical (unpaired) electrons. The molecule has 0 unspecified atom stereocenters. The number of nitrogens with zero attached hydrogens (tertiary/aromatic N) is 1. The summed E-state index contributed by atoms with van der Waals surface area (Å²) >= 11 is 0. The van der Waals surface area contributed by atoms with Gasteiger partial charge in [0.25, 0.3) is 5.91 Å². The molecule has 148 valence electrons. The van der Waals surface area contributed by atoms with Crippen LogP contribution < -0.4 is 24.4 Å². The molecule has 1 saturated heterocycles. The topological polar surface area (TPSA) is 137 Å². The number of urea groups is 1. The van der Waals surface area contributed by atoms with Gasteiger partial charge in [0.2, 0.25) is 0 Å². The van der Waals surface area contributed by atoms with Gasteiger partial charge in [0.1, 0.15) is 23.7 Å². The Bertz CT molecular complexity index is 1040. The van der Waals surface area contributed by atoms with Crippen molar-refractivity contribution in [3.8, 4) is 11.5 Å². The predicted octanol–water partition coefficient (Wildman–Crippen LogP) is 1.36. The number of methoxy groups -OCH3 is 1. The van der Waals surface area contributed by atoms with Crippen LogP contribution in [0.4, 0.5) is 26.2 Å². The number of rotatable bonds is 4. The molecule has 0 aliphatic carbocycles. The van der Waals surface area contributed by atoms with E-state index in [9.17, 15) is 27.5 Å². The van der Waals surface area contributed by atoms with E-state index in [-0.39, 0.29) is 5.69 Å². The van der Waals surface area contributed by atoms with Crippen molar-refractivity contribution in [1.82, 2.24) is 4.72 Å². The van der Waals surface area contributed by atoms with Gasteiger partial charge in [-0.3, -0.25) is 4.79 Å². The van der Waals surface area contributed by atoms with Gasteiger partial charge in [0.15, 0.2) is 5.82 Å². The first-order chi connectivity index (χ1) is 13.2. The maximum Gasteiger partial charge on any atom is 0.326 e. The molecule has 2 aromatic rings. The zero-order valence-corrected chi connectivity index (χ0v) is 15.2. The molecule has 3 amide bonds. The van der Waals surface area contributed by atoms with Crippen molar-refractivity contribution in [2.24, 2.45) is 0 Å². The zero-order chi connectivity index (χ0) is 20.5. The molecule has 1 aliphatic heterocycles. The molecule has 3 rings (SSSR count). The Kier molecular flexibility index (Phi) is 4.96. The summed E-state index contributed by atoms with van der Waals surface area (Å²) < 4.78 is 45.2. The molecule has 0 atom stereocenters. The Morgan fingerprint density at radius 1 is 1.25 bits per heavy atom. The molecule has 0 spiro atoms. The van der Waals surface area contributed by atoms with Gasteiger partial charge < -0.3 is 20.5 Å². The lowest BCUT2D eigenvalue weighted by molar-refractivity contribution is -0.117. The van der Waals surface area contributed by atoms with Crippen LogP contribution >= 0.6 is 0 Å². The second-order valence-corrected chi connectivity index (χ2v) is 7.27. The average Bonchev–Trinajstić information content (AvgIpc) is 2.86. The van der Waals surface area contributed by atoms with Gasteiger partial charge in [0.05, 0.1) is 7.11 Å². The third-order valence-corrected chi connectivity index (χ3v) is 5.08. The molecule has 1 fully saturated rings. The van der Waals surface area contributed by atoms with Crippen molar-refractivity contribution in [1.29, 1.82) is 0 Å². The van der Waals surface area contributed by atoms with Crippen molar-refractivity contribution in [3.05, 3.63) is 42.2 Å². The van der Waals surface area contributed by atoms with Gasteiger partial charge in [-0.05, 0) is 18.2 Å². The van der Waals surface area contributed by atoms with E-state index in [1.165, 1.54) is 7.11 Å². The number of aromatic hydroxyl groups is 1. The highest BCUT2D eigenvalue weighted by atomic mass is 32.2. The van der Waals surface area contributed by atoms with Crippen LogP contribution in [-0.4, -0.2) is 39.1 Å². The first-order valence-corrected chi connectivity index (χ1v) is 9.21. The van der Waals surface area contributed by atoms with Crippen LogP contribution in [0.3, 0.4) is 0 Å². The van der Waals surface area contributed by atoms with Gasteiger partial charge in [0, 0.05) is 23.5 Å². The fourth-order valence-electron chi connectivity index (χ4n) is 2.54. The van der Waals surface area contributed by atoms with E-state index >= 15 is 0 Å². The maximum absolute atomic E-state index is 14.4. The number of phenolic OH excluding ortho intramolecular Hbond substituents is 1. The molecule has 4 N–H and O–H groups in total. The Labute approximate surface area is 159 Å². The van der Waals surface area contributed by atoms with Crippen molar-refractivity contribution >= 4 is 39.2 Å². The van der Waals surface area contributed by atoms with E-state index in [4.69, 9.17) is 4.74 Å². The summed E-state index contributed by atoms with van der Waals surface area (Å²) in [6.07, 6.45) is 0. The highest BCUT2D eigenvalue weighted by Gasteiger charge is 2.37. The zero-order valence-electron chi connectivity index (χ0n) is 14.4. The van der Waals surface area contributed by atoms with Crippen molar-refractivity contribution in [3.63, 3.8) is 0 Å². The lowest BCUT2D eigenvalue weighted by Gasteiger charge is -2.18. The average molecular weight is 410 g/mol. The quantitative estimate of drug-likeness (QED) is 0.601. The number of carbonyl (C=O) groups is 2. The van der Waals surface area contributed by atoms with E-state index in [1.54, 1.807) is 29.0 Å². The Balaban J connectivity index is 1.79. The lowest BCUT2D eigenvalue weighted by atomic mass is 10.2. The van der Waals surface area contributed by atoms with Crippen LogP contribution in [-0.2, 0) is 15.0 Å².